The molecule has 1 N–H and O–H groups in total. The quantitative estimate of drug-likeness (QED) is 0.848. The predicted octanol–water partition coefficient (Wildman–Crippen LogP) is 2.76. The molecule has 2 aliphatic carbocycles. The number of anilines is 1. The zero-order valence-electron chi connectivity index (χ0n) is 10.1. The van der Waals surface area contributed by atoms with Crippen molar-refractivity contribution in [2.75, 3.05) is 5.32 Å². The van der Waals surface area contributed by atoms with Gasteiger partial charge in [0.05, 0.1) is 0 Å². The molecule has 0 aromatic carbocycles. The molecule has 2 fully saturated rings. The maximum Gasteiger partial charge on any atom is 0.228 e. The van der Waals surface area contributed by atoms with Crippen LogP contribution in [0.5, 0.6) is 0 Å². The molecule has 2 bridgehead atoms. The summed E-state index contributed by atoms with van der Waals surface area (Å²) in [5.74, 6) is 2.57. The van der Waals surface area contributed by atoms with Crippen molar-refractivity contribution in [3.05, 3.63) is 23.9 Å². The van der Waals surface area contributed by atoms with E-state index < -0.39 is 0 Å². The molecule has 0 aliphatic heterocycles. The Morgan fingerprint density at radius 1 is 1.41 bits per heavy atom. The number of pyridine rings is 1. The molecule has 1 aromatic heterocycles. The number of nitrogens with zero attached hydrogens (tertiary/aromatic N) is 1. The molecule has 17 heavy (non-hydrogen) atoms. The van der Waals surface area contributed by atoms with E-state index in [0.717, 1.165) is 23.7 Å². The molecular formula is C14H18N2O. The minimum atomic E-state index is 0.180. The second-order valence-corrected chi connectivity index (χ2v) is 5.44. The number of aryl methyl sites for hydroxylation is 1. The molecule has 0 radical (unpaired) electrons. The minimum absolute atomic E-state index is 0.180. The summed E-state index contributed by atoms with van der Waals surface area (Å²) in [5.41, 5.74) is 1.03. The number of amides is 1. The Morgan fingerprint density at radius 3 is 2.94 bits per heavy atom. The largest absolute Gasteiger partial charge is 0.310 e. The maximum atomic E-state index is 12.2. The van der Waals surface area contributed by atoms with Gasteiger partial charge in [0, 0.05) is 12.1 Å². The molecule has 3 atom stereocenters. The number of hydrogen-bond acceptors (Lipinski definition) is 2. The van der Waals surface area contributed by atoms with E-state index in [-0.39, 0.29) is 11.8 Å². The SMILES string of the molecule is Cc1cccnc1NC(=O)[C@@H]1C[C@H]2CC[C@H]1C2. The van der Waals surface area contributed by atoms with E-state index >= 15 is 0 Å². The zero-order chi connectivity index (χ0) is 11.8. The molecule has 0 unspecified atom stereocenters. The third-order valence-electron chi connectivity index (χ3n) is 4.33. The third-order valence-corrected chi connectivity index (χ3v) is 4.33. The van der Waals surface area contributed by atoms with Crippen molar-refractivity contribution in [3.63, 3.8) is 0 Å². The van der Waals surface area contributed by atoms with Gasteiger partial charge in [-0.1, -0.05) is 12.5 Å². The Kier molecular flexibility index (Phi) is 2.61. The van der Waals surface area contributed by atoms with E-state index in [0.29, 0.717) is 5.92 Å². The van der Waals surface area contributed by atoms with Crippen LogP contribution in [0.1, 0.15) is 31.2 Å². The number of carbonyl (C=O) groups is 1. The summed E-state index contributed by atoms with van der Waals surface area (Å²) in [6, 6.07) is 3.87. The van der Waals surface area contributed by atoms with Gasteiger partial charge in [-0.3, -0.25) is 4.79 Å². The summed E-state index contributed by atoms with van der Waals surface area (Å²) < 4.78 is 0. The third kappa shape index (κ3) is 1.94. The average molecular weight is 230 g/mol. The van der Waals surface area contributed by atoms with E-state index in [2.05, 4.69) is 10.3 Å². The van der Waals surface area contributed by atoms with Crippen LogP contribution in [0.15, 0.2) is 18.3 Å². The lowest BCUT2D eigenvalue weighted by Crippen LogP contribution is -2.27. The van der Waals surface area contributed by atoms with Crippen LogP contribution in [0.25, 0.3) is 0 Å². The van der Waals surface area contributed by atoms with Crippen molar-refractivity contribution in [1.29, 1.82) is 0 Å². The molecule has 0 saturated heterocycles. The van der Waals surface area contributed by atoms with Crippen LogP contribution < -0.4 is 5.32 Å². The molecular weight excluding hydrogens is 212 g/mol. The van der Waals surface area contributed by atoms with Crippen molar-refractivity contribution >= 4 is 11.7 Å². The van der Waals surface area contributed by atoms with Crippen molar-refractivity contribution in [2.24, 2.45) is 17.8 Å². The fraction of sp³-hybridized carbons (Fsp3) is 0.571. The molecule has 1 aromatic rings. The highest BCUT2D eigenvalue weighted by Gasteiger charge is 2.43. The van der Waals surface area contributed by atoms with Crippen LogP contribution in [-0.2, 0) is 4.79 Å². The summed E-state index contributed by atoms with van der Waals surface area (Å²) in [7, 11) is 0. The van der Waals surface area contributed by atoms with Gasteiger partial charge >= 0.3 is 0 Å². The van der Waals surface area contributed by atoms with Crippen LogP contribution in [-0.4, -0.2) is 10.9 Å². The van der Waals surface area contributed by atoms with Gasteiger partial charge in [0.25, 0.3) is 0 Å². The normalized spacial score (nSPS) is 30.5. The molecule has 90 valence electrons. The Hall–Kier alpha value is -1.38. The predicted molar refractivity (Wildman–Crippen MR) is 66.5 cm³/mol. The lowest BCUT2D eigenvalue weighted by Gasteiger charge is -2.20. The lowest BCUT2D eigenvalue weighted by molar-refractivity contribution is -0.121. The highest BCUT2D eigenvalue weighted by molar-refractivity contribution is 5.92. The molecule has 0 spiro atoms. The first-order valence-corrected chi connectivity index (χ1v) is 6.46. The topological polar surface area (TPSA) is 42.0 Å². The fourth-order valence-corrected chi connectivity index (χ4v) is 3.39. The summed E-state index contributed by atoms with van der Waals surface area (Å²) in [6.07, 6.45) is 6.64. The molecule has 2 saturated carbocycles. The number of fused-ring (bicyclic) bond motifs is 2. The highest BCUT2D eigenvalue weighted by Crippen LogP contribution is 2.48. The van der Waals surface area contributed by atoms with Crippen molar-refractivity contribution in [3.8, 4) is 0 Å². The van der Waals surface area contributed by atoms with Crippen LogP contribution in [0.4, 0.5) is 5.82 Å². The number of nitrogens with one attached hydrogen (secondary N) is 1. The number of rotatable bonds is 2. The van der Waals surface area contributed by atoms with Gasteiger partial charge in [-0.25, -0.2) is 4.98 Å². The molecule has 3 nitrogen and oxygen atoms in total. The molecule has 3 rings (SSSR count). The summed E-state index contributed by atoms with van der Waals surface area (Å²) in [5, 5.41) is 2.99. The smallest absolute Gasteiger partial charge is 0.228 e. The van der Waals surface area contributed by atoms with Gasteiger partial charge in [-0.15, -0.1) is 0 Å². The first kappa shape index (κ1) is 10.8. The van der Waals surface area contributed by atoms with Gasteiger partial charge in [0.2, 0.25) is 5.91 Å². The monoisotopic (exact) mass is 230 g/mol. The summed E-state index contributed by atoms with van der Waals surface area (Å²) in [4.78, 5) is 16.4. The second-order valence-electron chi connectivity index (χ2n) is 5.44. The van der Waals surface area contributed by atoms with Crippen molar-refractivity contribution in [1.82, 2.24) is 4.98 Å². The van der Waals surface area contributed by atoms with E-state index in [9.17, 15) is 4.79 Å². The Balaban J connectivity index is 1.70. The van der Waals surface area contributed by atoms with Gasteiger partial charge in [-0.05, 0) is 49.7 Å². The van der Waals surface area contributed by atoms with E-state index in [1.54, 1.807) is 6.20 Å². The van der Waals surface area contributed by atoms with Crippen LogP contribution in [0, 0.1) is 24.7 Å². The van der Waals surface area contributed by atoms with Gasteiger partial charge < -0.3 is 5.32 Å². The van der Waals surface area contributed by atoms with E-state index in [1.165, 1.54) is 19.3 Å². The average Bonchev–Trinajstić information content (AvgIpc) is 2.94. The minimum Gasteiger partial charge on any atom is -0.310 e. The standard InChI is InChI=1S/C14H18N2O/c1-9-3-2-6-15-13(9)16-14(17)12-8-10-4-5-11(12)7-10/h2-3,6,10-12H,4-5,7-8H2,1H3,(H,15,16,17)/t10-,11-,12+/m0/s1. The first-order chi connectivity index (χ1) is 8.24. The van der Waals surface area contributed by atoms with Crippen LogP contribution >= 0.6 is 0 Å². The van der Waals surface area contributed by atoms with Gasteiger partial charge in [0.15, 0.2) is 0 Å². The Labute approximate surface area is 102 Å². The molecule has 2 aliphatic rings. The molecule has 1 heterocycles. The Morgan fingerprint density at radius 2 is 2.29 bits per heavy atom. The molecule has 3 heteroatoms. The second kappa shape index (κ2) is 4.13. The molecule has 1 amide bonds. The maximum absolute atomic E-state index is 12.2. The van der Waals surface area contributed by atoms with Crippen LogP contribution in [0.2, 0.25) is 0 Å². The van der Waals surface area contributed by atoms with Gasteiger partial charge in [-0.2, -0.15) is 0 Å². The highest BCUT2D eigenvalue weighted by atomic mass is 16.2. The van der Waals surface area contributed by atoms with Crippen LogP contribution in [0.3, 0.4) is 0 Å². The van der Waals surface area contributed by atoms with E-state index in [1.807, 2.05) is 19.1 Å². The lowest BCUT2D eigenvalue weighted by atomic mass is 9.88. The Bertz CT molecular complexity index is 444. The number of aromatic nitrogens is 1. The van der Waals surface area contributed by atoms with Crippen molar-refractivity contribution < 1.29 is 4.79 Å². The summed E-state index contributed by atoms with van der Waals surface area (Å²) in [6.45, 7) is 1.98. The van der Waals surface area contributed by atoms with Crippen molar-refractivity contribution in [2.45, 2.75) is 32.6 Å². The summed E-state index contributed by atoms with van der Waals surface area (Å²) >= 11 is 0. The number of hydrogen-bond donors (Lipinski definition) is 1. The number of carbonyl (C=O) groups excluding carboxylic acids is 1. The van der Waals surface area contributed by atoms with E-state index in [4.69, 9.17) is 0 Å². The zero-order valence-corrected chi connectivity index (χ0v) is 10.1. The first-order valence-electron chi connectivity index (χ1n) is 6.46. The fourth-order valence-electron chi connectivity index (χ4n) is 3.39. The van der Waals surface area contributed by atoms with Gasteiger partial charge in [0.1, 0.15) is 5.82 Å².